The Kier molecular flexibility index (Phi) is 53.8. The van der Waals surface area contributed by atoms with Crippen LogP contribution >= 0.6 is 0 Å². The molecule has 0 heterocycles. The maximum Gasteiger partial charge on any atom is 2.00 e. The Hall–Kier alpha value is 1.04. The van der Waals surface area contributed by atoms with Crippen LogP contribution in [0.4, 0.5) is 0 Å². The van der Waals surface area contributed by atoms with E-state index >= 15 is 0 Å². The number of rotatable bonds is 2. The third kappa shape index (κ3) is 475. The predicted octanol–water partition coefficient (Wildman–Crippen LogP) is 0.830. The molecule has 0 aliphatic heterocycles. The van der Waals surface area contributed by atoms with E-state index in [-0.39, 0.29) is 19.5 Å². The van der Waals surface area contributed by atoms with Gasteiger partial charge in [-0.15, -0.1) is 18.3 Å². The minimum Gasteiger partial charge on any atom is 2.00 e. The van der Waals surface area contributed by atoms with Crippen molar-refractivity contribution in [3.63, 3.8) is 0 Å². The van der Waals surface area contributed by atoms with E-state index in [2.05, 4.69) is 13.8 Å². The van der Waals surface area contributed by atoms with Crippen LogP contribution in [-0.2, 0) is 19.5 Å². The van der Waals surface area contributed by atoms with Crippen molar-refractivity contribution < 1.29 is 34.8 Å². The van der Waals surface area contributed by atoms with Crippen LogP contribution in [0.15, 0.2) is 0 Å². The van der Waals surface area contributed by atoms with Crippen LogP contribution < -0.4 is 15.3 Å². The monoisotopic (exact) mass is 326 g/mol. The van der Waals surface area contributed by atoms with Crippen LogP contribution in [0, 0.1) is 0 Å². The molecule has 0 aromatic carbocycles. The third-order valence-corrected chi connectivity index (χ3v) is 1.73. The SMILES string of the molecule is CC(C)[O-].CC(C)[O-].CC(C)[O-].C[CH2][Al+][CH2]C.[Zn+2]. The first kappa shape index (κ1) is 31.4. The maximum atomic E-state index is 9.53. The molecule has 5 heteroatoms. The summed E-state index contributed by atoms with van der Waals surface area (Å²) < 4.78 is 0. The zero-order chi connectivity index (χ0) is 14.9. The molecule has 0 spiro atoms. The van der Waals surface area contributed by atoms with E-state index in [0.717, 1.165) is 15.2 Å². The summed E-state index contributed by atoms with van der Waals surface area (Å²) in [5.41, 5.74) is 0. The standard InChI is InChI=1S/3C3H7O.2C2H5.Al.Zn/c3*1-3(2)4;2*1-2;;/h3*3H,1-2H3;2*1H2,2H3;;/q3*-1;;;+1;+2. The van der Waals surface area contributed by atoms with E-state index in [1.807, 2.05) is 0 Å². The molecule has 3 nitrogen and oxygen atoms in total. The fourth-order valence-corrected chi connectivity index (χ4v) is 0.866. The molecule has 0 aromatic rings. The molecule has 0 saturated heterocycles. The van der Waals surface area contributed by atoms with Crippen LogP contribution in [0.25, 0.3) is 0 Å². The van der Waals surface area contributed by atoms with E-state index in [4.69, 9.17) is 0 Å². The predicted molar refractivity (Wildman–Crippen MR) is 72.1 cm³/mol. The Bertz CT molecular complexity index is 77.7. The van der Waals surface area contributed by atoms with Gasteiger partial charge in [-0.25, -0.2) is 0 Å². The average Bonchev–Trinajstić information content (AvgIpc) is 2.01. The van der Waals surface area contributed by atoms with Gasteiger partial charge in [-0.05, 0) is 0 Å². The molecule has 0 fully saturated rings. The van der Waals surface area contributed by atoms with Gasteiger partial charge in [0.05, 0.1) is 0 Å². The van der Waals surface area contributed by atoms with Gasteiger partial charge in [0.25, 0.3) is 0 Å². The van der Waals surface area contributed by atoms with E-state index in [9.17, 15) is 15.3 Å². The summed E-state index contributed by atoms with van der Waals surface area (Å²) >= 11 is 0.815. The van der Waals surface area contributed by atoms with Gasteiger partial charge < -0.3 is 15.3 Å². The smallest absolute Gasteiger partial charge is 2.00 e. The van der Waals surface area contributed by atoms with E-state index in [1.54, 1.807) is 41.5 Å². The molecule has 0 aliphatic rings. The number of hydrogen-bond donors (Lipinski definition) is 0. The quantitative estimate of drug-likeness (QED) is 0.705. The molecule has 0 atom stereocenters. The molecular formula is C13H31AlO3Zn. The summed E-state index contributed by atoms with van der Waals surface area (Å²) in [6.07, 6.45) is -1.25. The summed E-state index contributed by atoms with van der Waals surface area (Å²) in [4.78, 5) is 0. The zero-order valence-electron chi connectivity index (χ0n) is 13.7. The molecule has 0 unspecified atom stereocenters. The third-order valence-electron chi connectivity index (χ3n) is 0.577. The molecule has 0 saturated carbocycles. The molecule has 0 radical (unpaired) electrons. The Morgan fingerprint density at radius 3 is 0.778 bits per heavy atom. The summed E-state index contributed by atoms with van der Waals surface area (Å²) in [5, 5.41) is 31.4. The second kappa shape index (κ2) is 30.8. The van der Waals surface area contributed by atoms with Crippen molar-refractivity contribution in [1.29, 1.82) is 0 Å². The van der Waals surface area contributed by atoms with Crippen LogP contribution in [0.2, 0.25) is 10.6 Å². The van der Waals surface area contributed by atoms with E-state index in [1.165, 1.54) is 10.6 Å². The topological polar surface area (TPSA) is 69.2 Å². The molecule has 0 amide bonds. The van der Waals surface area contributed by atoms with Gasteiger partial charge in [0.2, 0.25) is 0 Å². The first-order valence-corrected chi connectivity index (χ1v) is 8.03. The minimum absolute atomic E-state index is 0. The maximum absolute atomic E-state index is 9.53. The molecule has 0 rings (SSSR count). The fraction of sp³-hybridized carbons (Fsp3) is 1.00. The molecule has 18 heavy (non-hydrogen) atoms. The minimum atomic E-state index is -0.417. The molecule has 0 bridgehead atoms. The molecular weight excluding hydrogens is 297 g/mol. The van der Waals surface area contributed by atoms with Gasteiger partial charge in [0.15, 0.2) is 0 Å². The van der Waals surface area contributed by atoms with Gasteiger partial charge in [-0.3, -0.25) is 0 Å². The number of hydrogen-bond acceptors (Lipinski definition) is 3. The zero-order valence-corrected chi connectivity index (χ0v) is 17.8. The fourth-order valence-electron chi connectivity index (χ4n) is 0.289. The molecule has 106 valence electrons. The van der Waals surface area contributed by atoms with Crippen molar-refractivity contribution >= 4 is 15.2 Å². The van der Waals surface area contributed by atoms with Gasteiger partial charge >= 0.3 is 59.1 Å². The summed E-state index contributed by atoms with van der Waals surface area (Å²) in [6.45, 7) is 14.2. The second-order valence-corrected chi connectivity index (χ2v) is 6.46. The average molecular weight is 328 g/mol. The second-order valence-electron chi connectivity index (χ2n) is 4.25. The first-order valence-electron chi connectivity index (χ1n) is 6.40. The van der Waals surface area contributed by atoms with Crippen LogP contribution in [-0.4, -0.2) is 33.5 Å². The Labute approximate surface area is 134 Å². The molecule has 0 aromatic heterocycles. The molecule has 0 N–H and O–H groups in total. The Morgan fingerprint density at radius 1 is 0.667 bits per heavy atom. The van der Waals surface area contributed by atoms with Crippen LogP contribution in [0.3, 0.4) is 0 Å². The van der Waals surface area contributed by atoms with E-state index in [0.29, 0.717) is 0 Å². The van der Waals surface area contributed by atoms with Crippen molar-refractivity contribution in [2.75, 3.05) is 0 Å². The molecule has 0 aliphatic carbocycles. The summed E-state index contributed by atoms with van der Waals surface area (Å²) in [7, 11) is 0. The van der Waals surface area contributed by atoms with Gasteiger partial charge in [-0.1, -0.05) is 41.5 Å². The summed E-state index contributed by atoms with van der Waals surface area (Å²) in [5.74, 6) is 0. The Morgan fingerprint density at radius 2 is 0.778 bits per heavy atom. The largest absolute Gasteiger partial charge is 2.00 e. The van der Waals surface area contributed by atoms with Gasteiger partial charge in [0.1, 0.15) is 0 Å². The first-order chi connectivity index (χ1) is 7.61. The van der Waals surface area contributed by atoms with E-state index < -0.39 is 18.3 Å². The van der Waals surface area contributed by atoms with Crippen molar-refractivity contribution in [3.05, 3.63) is 0 Å². The van der Waals surface area contributed by atoms with Crippen molar-refractivity contribution in [2.45, 2.75) is 84.3 Å². The van der Waals surface area contributed by atoms with Crippen molar-refractivity contribution in [2.24, 2.45) is 0 Å². The van der Waals surface area contributed by atoms with Gasteiger partial charge in [-0.2, -0.15) is 0 Å². The summed E-state index contributed by atoms with van der Waals surface area (Å²) in [6, 6.07) is 0. The van der Waals surface area contributed by atoms with Crippen LogP contribution in [0.1, 0.15) is 55.4 Å². The van der Waals surface area contributed by atoms with Gasteiger partial charge in [0, 0.05) is 0 Å². The Balaban J connectivity index is -0.0000000412. The van der Waals surface area contributed by atoms with Crippen molar-refractivity contribution in [1.82, 2.24) is 0 Å². The van der Waals surface area contributed by atoms with Crippen molar-refractivity contribution in [3.8, 4) is 0 Å². The normalized spacial score (nSPS) is 7.89. The van der Waals surface area contributed by atoms with Crippen LogP contribution in [0.5, 0.6) is 0 Å².